The summed E-state index contributed by atoms with van der Waals surface area (Å²) in [4.78, 5) is 26.2. The normalized spacial score (nSPS) is 11.0. The van der Waals surface area contributed by atoms with Crippen LogP contribution in [0, 0.1) is 0 Å². The largest absolute Gasteiger partial charge is 0.451 e. The van der Waals surface area contributed by atoms with E-state index in [0.29, 0.717) is 0 Å². The van der Waals surface area contributed by atoms with Gasteiger partial charge in [-0.05, 0) is 12.0 Å². The molecule has 2 aromatic rings. The second-order valence-electron chi connectivity index (χ2n) is 5.15. The number of carbonyl (C=O) groups is 2. The molecule has 0 aliphatic carbocycles. The van der Waals surface area contributed by atoms with E-state index in [2.05, 4.69) is 20.7 Å². The summed E-state index contributed by atoms with van der Waals surface area (Å²) >= 11 is 0. The van der Waals surface area contributed by atoms with E-state index in [9.17, 15) is 22.8 Å². The number of nitrogens with one attached hydrogen (secondary N) is 3. The topological polar surface area (TPSA) is 109 Å². The highest BCUT2D eigenvalue weighted by Gasteiger charge is 2.35. The molecule has 0 fully saturated rings. The molecule has 0 radical (unpaired) electrons. The van der Waals surface area contributed by atoms with Gasteiger partial charge in [0.2, 0.25) is 17.7 Å². The van der Waals surface area contributed by atoms with Crippen LogP contribution in [0.15, 0.2) is 30.3 Å². The van der Waals surface area contributed by atoms with Crippen LogP contribution in [0.4, 0.5) is 23.9 Å². The first-order valence-electron chi connectivity index (χ1n) is 7.58. The van der Waals surface area contributed by atoms with Crippen LogP contribution in [0.5, 0.6) is 0 Å². The molecule has 0 aliphatic rings. The number of amides is 2. The van der Waals surface area contributed by atoms with Gasteiger partial charge in [-0.25, -0.2) is 4.79 Å². The van der Waals surface area contributed by atoms with Crippen molar-refractivity contribution in [2.45, 2.75) is 25.6 Å². The van der Waals surface area contributed by atoms with E-state index in [1.807, 2.05) is 30.3 Å². The van der Waals surface area contributed by atoms with Crippen molar-refractivity contribution < 1.29 is 27.5 Å². The number of H-pyrrole nitrogens is 1. The molecule has 0 saturated heterocycles. The summed E-state index contributed by atoms with van der Waals surface area (Å²) in [7, 11) is 0. The Morgan fingerprint density at radius 2 is 1.92 bits per heavy atom. The van der Waals surface area contributed by atoms with Crippen molar-refractivity contribution in [3.05, 3.63) is 41.7 Å². The number of carbonyl (C=O) groups excluding carboxylic acids is 2. The number of ether oxygens (including phenoxy) is 1. The van der Waals surface area contributed by atoms with Gasteiger partial charge in [0.05, 0.1) is 0 Å². The van der Waals surface area contributed by atoms with Crippen LogP contribution in [0.25, 0.3) is 0 Å². The second kappa shape index (κ2) is 8.83. The van der Waals surface area contributed by atoms with Gasteiger partial charge in [0.15, 0.2) is 0 Å². The number of nitrogens with zero attached hydrogens (tertiary/aromatic N) is 2. The predicted octanol–water partition coefficient (Wildman–Crippen LogP) is 2.47. The molecule has 0 unspecified atom stereocenters. The van der Waals surface area contributed by atoms with Gasteiger partial charge < -0.3 is 10.1 Å². The molecular formula is C15H16F3N5O3. The number of alkyl halides is 3. The van der Waals surface area contributed by atoms with Crippen molar-refractivity contribution in [2.24, 2.45) is 0 Å². The van der Waals surface area contributed by atoms with Gasteiger partial charge in [0.1, 0.15) is 6.61 Å². The first kappa shape index (κ1) is 19.2. The molecule has 11 heteroatoms. The lowest BCUT2D eigenvalue weighted by molar-refractivity contribution is -0.144. The average Bonchev–Trinajstić information content (AvgIpc) is 3.06. The Bertz CT molecular complexity index is 734. The highest BCUT2D eigenvalue weighted by molar-refractivity contribution is 5.88. The Balaban J connectivity index is 1.61. The lowest BCUT2D eigenvalue weighted by atomic mass is 10.2. The van der Waals surface area contributed by atoms with E-state index >= 15 is 0 Å². The molecule has 2 rings (SSSR count). The van der Waals surface area contributed by atoms with Crippen LogP contribution in [-0.2, 0) is 22.3 Å². The number of anilines is 1. The molecule has 3 N–H and O–H groups in total. The fraction of sp³-hybridized carbons (Fsp3) is 0.333. The third-order valence-corrected chi connectivity index (χ3v) is 3.07. The highest BCUT2D eigenvalue weighted by Crippen LogP contribution is 2.26. The van der Waals surface area contributed by atoms with Crippen LogP contribution >= 0.6 is 0 Å². The number of halogens is 3. The van der Waals surface area contributed by atoms with Gasteiger partial charge in [-0.3, -0.25) is 15.2 Å². The van der Waals surface area contributed by atoms with Crippen molar-refractivity contribution in [2.75, 3.05) is 11.9 Å². The molecule has 0 aliphatic heterocycles. The summed E-state index contributed by atoms with van der Waals surface area (Å²) < 4.78 is 42.0. The van der Waals surface area contributed by atoms with Crippen LogP contribution in [-0.4, -0.2) is 33.7 Å². The maximum absolute atomic E-state index is 12.3. The van der Waals surface area contributed by atoms with Crippen molar-refractivity contribution in [1.29, 1.82) is 0 Å². The zero-order chi connectivity index (χ0) is 19.0. The number of hydrogen-bond acceptors (Lipinski definition) is 5. The van der Waals surface area contributed by atoms with Gasteiger partial charge in [-0.2, -0.15) is 18.2 Å². The van der Waals surface area contributed by atoms with E-state index in [1.54, 1.807) is 5.10 Å². The molecule has 2 amide bonds. The Morgan fingerprint density at radius 3 is 2.58 bits per heavy atom. The van der Waals surface area contributed by atoms with E-state index in [-0.39, 0.29) is 26.0 Å². The number of rotatable bonds is 7. The lowest BCUT2D eigenvalue weighted by Gasteiger charge is -2.07. The molecule has 1 heterocycles. The monoisotopic (exact) mass is 371 g/mol. The maximum Gasteiger partial charge on any atom is 0.451 e. The number of alkyl carbamates (subject to hydrolysis) is 1. The van der Waals surface area contributed by atoms with Crippen molar-refractivity contribution >= 4 is 17.9 Å². The summed E-state index contributed by atoms with van der Waals surface area (Å²) in [6.07, 6.45) is -5.06. The molecule has 26 heavy (non-hydrogen) atoms. The average molecular weight is 371 g/mol. The lowest BCUT2D eigenvalue weighted by Crippen LogP contribution is -2.26. The minimum absolute atomic E-state index is 0.0329. The van der Waals surface area contributed by atoms with Crippen LogP contribution in [0.3, 0.4) is 0 Å². The summed E-state index contributed by atoms with van der Waals surface area (Å²) in [5.41, 5.74) is 0.840. The molecular weight excluding hydrogens is 355 g/mol. The minimum atomic E-state index is -4.67. The molecule has 1 aromatic heterocycles. The SMILES string of the molecule is O=C(CCCNC(=O)OCc1ccccc1)Nc1n[nH]c(C(F)(F)F)n1. The van der Waals surface area contributed by atoms with Crippen molar-refractivity contribution in [1.82, 2.24) is 20.5 Å². The summed E-state index contributed by atoms with van der Waals surface area (Å²) in [6, 6.07) is 9.11. The molecule has 140 valence electrons. The zero-order valence-electron chi connectivity index (χ0n) is 13.5. The Hall–Kier alpha value is -3.11. The minimum Gasteiger partial charge on any atom is -0.445 e. The zero-order valence-corrected chi connectivity index (χ0v) is 13.5. The maximum atomic E-state index is 12.3. The summed E-state index contributed by atoms with van der Waals surface area (Å²) in [6.45, 7) is 0.294. The summed E-state index contributed by atoms with van der Waals surface area (Å²) in [5.74, 6) is -2.33. The molecule has 0 bridgehead atoms. The van der Waals surface area contributed by atoms with Gasteiger partial charge in [-0.15, -0.1) is 5.10 Å². The third-order valence-electron chi connectivity index (χ3n) is 3.07. The first-order chi connectivity index (χ1) is 12.3. The number of hydrogen-bond donors (Lipinski definition) is 3. The molecule has 0 spiro atoms. The molecule has 0 atom stereocenters. The quantitative estimate of drug-likeness (QED) is 0.648. The standard InChI is InChI=1S/C15H16F3N5O3/c16-15(17,18)12-21-13(23-22-12)20-11(24)7-4-8-19-14(25)26-9-10-5-2-1-3-6-10/h1-3,5-6H,4,7-9H2,(H,19,25)(H2,20,21,22,23,24). The van der Waals surface area contributed by atoms with Gasteiger partial charge >= 0.3 is 12.3 Å². The van der Waals surface area contributed by atoms with E-state index in [4.69, 9.17) is 4.74 Å². The molecule has 0 saturated carbocycles. The summed E-state index contributed by atoms with van der Waals surface area (Å²) in [5, 5.41) is 9.54. The Kier molecular flexibility index (Phi) is 6.53. The van der Waals surface area contributed by atoms with E-state index < -0.39 is 29.9 Å². The van der Waals surface area contributed by atoms with Crippen molar-refractivity contribution in [3.8, 4) is 0 Å². The van der Waals surface area contributed by atoms with Crippen molar-refractivity contribution in [3.63, 3.8) is 0 Å². The number of aromatic amines is 1. The highest BCUT2D eigenvalue weighted by atomic mass is 19.4. The van der Waals surface area contributed by atoms with E-state index in [1.165, 1.54) is 0 Å². The van der Waals surface area contributed by atoms with Crippen LogP contribution in [0.1, 0.15) is 24.2 Å². The van der Waals surface area contributed by atoms with E-state index in [0.717, 1.165) is 5.56 Å². The smallest absolute Gasteiger partial charge is 0.445 e. The second-order valence-corrected chi connectivity index (χ2v) is 5.15. The fourth-order valence-corrected chi connectivity index (χ4v) is 1.85. The van der Waals surface area contributed by atoms with Crippen LogP contribution < -0.4 is 10.6 Å². The number of benzene rings is 1. The number of aromatic nitrogens is 3. The van der Waals surface area contributed by atoms with Gasteiger partial charge in [-0.1, -0.05) is 30.3 Å². The predicted molar refractivity (Wildman–Crippen MR) is 83.9 cm³/mol. The van der Waals surface area contributed by atoms with Crippen LogP contribution in [0.2, 0.25) is 0 Å². The fourth-order valence-electron chi connectivity index (χ4n) is 1.85. The first-order valence-corrected chi connectivity index (χ1v) is 7.58. The Labute approximate surface area is 146 Å². The third kappa shape index (κ3) is 6.42. The van der Waals surface area contributed by atoms with Gasteiger partial charge in [0.25, 0.3) is 0 Å². The Morgan fingerprint density at radius 1 is 1.19 bits per heavy atom. The molecule has 8 nitrogen and oxygen atoms in total. The molecule has 1 aromatic carbocycles. The van der Waals surface area contributed by atoms with Gasteiger partial charge in [0, 0.05) is 13.0 Å².